The van der Waals surface area contributed by atoms with Gasteiger partial charge in [-0.3, -0.25) is 14.5 Å². The molecule has 214 valence electrons. The number of rotatable bonds is 10. The zero-order chi connectivity index (χ0) is 29.4. The van der Waals surface area contributed by atoms with Gasteiger partial charge in [-0.25, -0.2) is 14.2 Å². The van der Waals surface area contributed by atoms with Crippen molar-refractivity contribution in [2.75, 3.05) is 32.7 Å². The Morgan fingerprint density at radius 1 is 1.02 bits per heavy atom. The zero-order valence-electron chi connectivity index (χ0n) is 22.9. The summed E-state index contributed by atoms with van der Waals surface area (Å²) in [6, 6.07) is 17.5. The molecule has 3 aromatic rings. The number of aliphatic imine (C=N–C) groups is 1. The van der Waals surface area contributed by atoms with Crippen molar-refractivity contribution in [3.8, 4) is 11.5 Å². The highest BCUT2D eigenvalue weighted by Gasteiger charge is 2.36. The van der Waals surface area contributed by atoms with Gasteiger partial charge in [-0.15, -0.1) is 0 Å². The molecule has 11 heteroatoms. The number of esters is 1. The molecular formula is C30H30FN3O6S. The van der Waals surface area contributed by atoms with Gasteiger partial charge in [0.1, 0.15) is 11.1 Å². The van der Waals surface area contributed by atoms with Crippen LogP contribution in [-0.4, -0.2) is 60.5 Å². The first-order valence-electron chi connectivity index (χ1n) is 12.9. The third-order valence-corrected chi connectivity index (χ3v) is 7.41. The van der Waals surface area contributed by atoms with Crippen molar-refractivity contribution >= 4 is 46.1 Å². The number of anilines is 1. The average molecular weight is 580 g/mol. The summed E-state index contributed by atoms with van der Waals surface area (Å²) in [6.07, 6.45) is 0.463. The molecule has 1 N–H and O–H groups in total. The van der Waals surface area contributed by atoms with E-state index in [0.29, 0.717) is 46.6 Å². The lowest BCUT2D eigenvalue weighted by Crippen LogP contribution is -2.46. The van der Waals surface area contributed by atoms with Crippen molar-refractivity contribution in [1.29, 1.82) is 0 Å². The summed E-state index contributed by atoms with van der Waals surface area (Å²) in [5.74, 6) is -0.325. The number of nitrogens with zero attached hydrogens (tertiary/aromatic N) is 2. The van der Waals surface area contributed by atoms with Crippen LogP contribution in [0.5, 0.6) is 11.5 Å². The first-order chi connectivity index (χ1) is 19.8. The molecule has 0 spiro atoms. The molecule has 3 aromatic carbocycles. The molecule has 0 bridgehead atoms. The molecule has 2 amide bonds. The van der Waals surface area contributed by atoms with Crippen molar-refractivity contribution < 1.29 is 33.0 Å². The van der Waals surface area contributed by atoms with Gasteiger partial charge >= 0.3 is 5.97 Å². The van der Waals surface area contributed by atoms with E-state index < -0.39 is 17.0 Å². The number of thioether (sulfide) groups is 1. The Morgan fingerprint density at radius 3 is 2.39 bits per heavy atom. The van der Waals surface area contributed by atoms with Gasteiger partial charge in [0.05, 0.1) is 32.1 Å². The summed E-state index contributed by atoms with van der Waals surface area (Å²) in [5, 5.41) is 2.35. The third-order valence-electron chi connectivity index (χ3n) is 6.22. The number of carbonyl (C=O) groups is 3. The lowest BCUT2D eigenvalue weighted by Gasteiger charge is -2.32. The Kier molecular flexibility index (Phi) is 9.96. The summed E-state index contributed by atoms with van der Waals surface area (Å²) < 4.78 is 29.0. The minimum atomic E-state index is -0.748. The molecule has 1 heterocycles. The van der Waals surface area contributed by atoms with Crippen molar-refractivity contribution in [3.05, 3.63) is 83.7 Å². The first-order valence-corrected chi connectivity index (χ1v) is 13.8. The summed E-state index contributed by atoms with van der Waals surface area (Å²) in [4.78, 5) is 44.7. The van der Waals surface area contributed by atoms with Crippen molar-refractivity contribution in [3.63, 3.8) is 0 Å². The van der Waals surface area contributed by atoms with E-state index in [1.807, 2.05) is 12.1 Å². The molecule has 1 aliphatic rings. The molecule has 1 aliphatic heterocycles. The number of ether oxygens (including phenoxy) is 3. The van der Waals surface area contributed by atoms with E-state index in [0.717, 1.165) is 5.56 Å². The first kappa shape index (κ1) is 29.6. The SMILES string of the molecule is CCOC(=O)c1ccc(N=C2SC(C(=O)Nc3ccc(F)cc3)CC(=O)N2CCc2ccc(OC)c(OC)c2)cc1. The number of amidine groups is 1. The molecule has 1 atom stereocenters. The van der Waals surface area contributed by atoms with Crippen LogP contribution >= 0.6 is 11.8 Å². The number of benzene rings is 3. The summed E-state index contributed by atoms with van der Waals surface area (Å²) in [7, 11) is 3.12. The predicted octanol–water partition coefficient (Wildman–Crippen LogP) is 5.22. The van der Waals surface area contributed by atoms with Gasteiger partial charge < -0.3 is 19.5 Å². The van der Waals surface area contributed by atoms with E-state index in [2.05, 4.69) is 10.3 Å². The Balaban J connectivity index is 1.57. The van der Waals surface area contributed by atoms with E-state index in [4.69, 9.17) is 14.2 Å². The summed E-state index contributed by atoms with van der Waals surface area (Å²) in [6.45, 7) is 2.31. The average Bonchev–Trinajstić information content (AvgIpc) is 2.98. The standard InChI is InChI=1S/C30H30FN3O6S/c1-4-40-29(37)20-6-10-23(11-7-20)33-30-34(16-15-19-5-14-24(38-2)25(17-19)39-3)27(35)18-26(41-30)28(36)32-22-12-8-21(31)9-13-22/h5-14,17,26H,4,15-16,18H2,1-3H3,(H,32,36). The molecule has 1 saturated heterocycles. The van der Waals surface area contributed by atoms with Crippen LogP contribution in [0.2, 0.25) is 0 Å². The Morgan fingerprint density at radius 2 is 1.73 bits per heavy atom. The molecule has 0 aliphatic carbocycles. The fourth-order valence-corrected chi connectivity index (χ4v) is 5.22. The molecule has 0 radical (unpaired) electrons. The van der Waals surface area contributed by atoms with Crippen LogP contribution in [0.25, 0.3) is 0 Å². The smallest absolute Gasteiger partial charge is 0.338 e. The molecule has 4 rings (SSSR count). The Labute approximate surface area is 241 Å². The van der Waals surface area contributed by atoms with Crippen LogP contribution in [0.15, 0.2) is 71.7 Å². The third kappa shape index (κ3) is 7.63. The fourth-order valence-electron chi connectivity index (χ4n) is 4.09. The number of hydrogen-bond acceptors (Lipinski definition) is 8. The minimum absolute atomic E-state index is 0.0373. The Hall–Kier alpha value is -4.38. The quantitative estimate of drug-likeness (QED) is 0.328. The van der Waals surface area contributed by atoms with Gasteiger partial charge in [0, 0.05) is 18.7 Å². The van der Waals surface area contributed by atoms with Gasteiger partial charge in [0.2, 0.25) is 11.8 Å². The van der Waals surface area contributed by atoms with E-state index in [9.17, 15) is 18.8 Å². The predicted molar refractivity (Wildman–Crippen MR) is 155 cm³/mol. The number of carbonyl (C=O) groups excluding carboxylic acids is 3. The second-order valence-electron chi connectivity index (χ2n) is 8.95. The lowest BCUT2D eigenvalue weighted by atomic mass is 10.1. The normalized spacial score (nSPS) is 15.9. The van der Waals surface area contributed by atoms with Crippen LogP contribution in [0, 0.1) is 5.82 Å². The summed E-state index contributed by atoms with van der Waals surface area (Å²) >= 11 is 1.17. The van der Waals surface area contributed by atoms with E-state index >= 15 is 0 Å². The van der Waals surface area contributed by atoms with Gasteiger partial charge in [0.25, 0.3) is 0 Å². The number of nitrogens with one attached hydrogen (secondary N) is 1. The molecular weight excluding hydrogens is 549 g/mol. The number of methoxy groups -OCH3 is 2. The topological polar surface area (TPSA) is 107 Å². The largest absolute Gasteiger partial charge is 0.493 e. The van der Waals surface area contributed by atoms with Crippen molar-refractivity contribution in [2.45, 2.75) is 25.0 Å². The maximum Gasteiger partial charge on any atom is 0.338 e. The van der Waals surface area contributed by atoms with Crippen LogP contribution in [0.3, 0.4) is 0 Å². The van der Waals surface area contributed by atoms with Crippen LogP contribution in [-0.2, 0) is 20.7 Å². The zero-order valence-corrected chi connectivity index (χ0v) is 23.7. The highest BCUT2D eigenvalue weighted by atomic mass is 32.2. The number of amides is 2. The van der Waals surface area contributed by atoms with Gasteiger partial charge in [0.15, 0.2) is 16.7 Å². The highest BCUT2D eigenvalue weighted by molar-refractivity contribution is 8.15. The van der Waals surface area contributed by atoms with Gasteiger partial charge in [-0.05, 0) is 79.6 Å². The van der Waals surface area contributed by atoms with E-state index in [1.54, 1.807) is 56.4 Å². The second kappa shape index (κ2) is 13.8. The van der Waals surface area contributed by atoms with Crippen LogP contribution in [0.1, 0.15) is 29.3 Å². The maximum atomic E-state index is 13.4. The summed E-state index contributed by atoms with van der Waals surface area (Å²) in [5.41, 5.74) is 2.23. The molecule has 9 nitrogen and oxygen atoms in total. The van der Waals surface area contributed by atoms with E-state index in [1.165, 1.54) is 36.0 Å². The highest BCUT2D eigenvalue weighted by Crippen LogP contribution is 2.31. The lowest BCUT2D eigenvalue weighted by molar-refractivity contribution is -0.129. The van der Waals surface area contributed by atoms with Gasteiger partial charge in [-0.2, -0.15) is 0 Å². The van der Waals surface area contributed by atoms with Crippen LogP contribution in [0.4, 0.5) is 15.8 Å². The van der Waals surface area contributed by atoms with E-state index in [-0.39, 0.29) is 24.8 Å². The maximum absolute atomic E-state index is 13.4. The van der Waals surface area contributed by atoms with Gasteiger partial charge in [-0.1, -0.05) is 17.8 Å². The second-order valence-corrected chi connectivity index (χ2v) is 10.1. The molecule has 41 heavy (non-hydrogen) atoms. The molecule has 1 unspecified atom stereocenters. The van der Waals surface area contributed by atoms with Crippen molar-refractivity contribution in [2.24, 2.45) is 4.99 Å². The number of halogens is 1. The monoisotopic (exact) mass is 579 g/mol. The molecule has 0 aromatic heterocycles. The Bertz CT molecular complexity index is 1430. The fraction of sp³-hybridized carbons (Fsp3) is 0.267. The molecule has 1 fully saturated rings. The van der Waals surface area contributed by atoms with Crippen LogP contribution < -0.4 is 14.8 Å². The minimum Gasteiger partial charge on any atom is -0.493 e. The number of hydrogen-bond donors (Lipinski definition) is 1. The van der Waals surface area contributed by atoms with Crippen molar-refractivity contribution in [1.82, 2.24) is 4.90 Å². The molecule has 0 saturated carbocycles.